The first-order valence-corrected chi connectivity index (χ1v) is 12.6. The Bertz CT molecular complexity index is 1310. The Labute approximate surface area is 213 Å². The highest BCUT2D eigenvalue weighted by atomic mass is 32.2. The lowest BCUT2D eigenvalue weighted by Gasteiger charge is -2.21. The fraction of sp³-hybridized carbons (Fsp3) is 0.385. The molecule has 0 bridgehead atoms. The van der Waals surface area contributed by atoms with Gasteiger partial charge < -0.3 is 24.6 Å². The summed E-state index contributed by atoms with van der Waals surface area (Å²) in [4.78, 5) is 5.53. The molecule has 0 aliphatic heterocycles. The Kier molecular flexibility index (Phi) is 8.63. The third-order valence-electron chi connectivity index (χ3n) is 5.09. The number of aromatic nitrogens is 3. The van der Waals surface area contributed by atoms with Crippen LogP contribution in [0.2, 0.25) is 0 Å². The van der Waals surface area contributed by atoms with Crippen LogP contribution in [-0.4, -0.2) is 64.7 Å². The molecule has 2 aromatic heterocycles. The van der Waals surface area contributed by atoms with Gasteiger partial charge in [0.05, 0.1) is 54.7 Å². The monoisotopic (exact) mass is 514 g/mol. The van der Waals surface area contributed by atoms with Crippen molar-refractivity contribution >= 4 is 45.1 Å². The molecule has 0 unspecified atom stereocenters. The van der Waals surface area contributed by atoms with Crippen LogP contribution in [-0.2, 0) is 9.47 Å². The van der Waals surface area contributed by atoms with E-state index < -0.39 is 0 Å². The summed E-state index contributed by atoms with van der Waals surface area (Å²) in [7, 11) is 0. The summed E-state index contributed by atoms with van der Waals surface area (Å²) in [6.07, 6.45) is 1.72. The molecule has 0 aliphatic rings. The number of hydrogen-bond donors (Lipinski definition) is 3. The summed E-state index contributed by atoms with van der Waals surface area (Å²) in [5.74, 6) is 0.959. The number of aromatic amines is 1. The molecule has 4 rings (SSSR count). The van der Waals surface area contributed by atoms with Crippen molar-refractivity contribution in [2.24, 2.45) is 0 Å². The maximum Gasteiger partial charge on any atom is 0.160 e. The van der Waals surface area contributed by atoms with E-state index in [0.29, 0.717) is 44.2 Å². The molecule has 192 valence electrons. The molecule has 3 N–H and O–H groups in total. The first-order chi connectivity index (χ1) is 17.3. The number of halogens is 1. The molecule has 0 aliphatic carbocycles. The number of fused-ring (bicyclic) bond motifs is 2. The molecular formula is C26H31FN4O4S. The molecule has 0 spiro atoms. The standard InChI is InChI=1S/C26H31FN4O4S/c1-26(2,3)36-24-15-18-20(29-25-19-14-17(27)4-5-21(19)30-31-25)6-7-28-22(18)16-23(24)35-13-12-34-11-10-33-9-8-32/h4-7,14-16,32H,8-13H2,1-3H3,(H2,28,29,30,31). The first-order valence-electron chi connectivity index (χ1n) is 11.8. The van der Waals surface area contributed by atoms with Crippen molar-refractivity contribution in [2.75, 3.05) is 45.0 Å². The number of benzene rings is 2. The molecule has 10 heteroatoms. The second kappa shape index (κ2) is 11.9. The summed E-state index contributed by atoms with van der Waals surface area (Å²) < 4.78 is 30.6. The number of H-pyrrole nitrogens is 1. The van der Waals surface area contributed by atoms with E-state index in [1.165, 1.54) is 12.1 Å². The van der Waals surface area contributed by atoms with Gasteiger partial charge in [-0.1, -0.05) is 20.8 Å². The molecule has 0 radical (unpaired) electrons. The minimum atomic E-state index is -0.321. The lowest BCUT2D eigenvalue weighted by molar-refractivity contribution is 0.0245. The largest absolute Gasteiger partial charge is 0.490 e. The maximum atomic E-state index is 13.8. The van der Waals surface area contributed by atoms with Crippen LogP contribution in [0.4, 0.5) is 15.9 Å². The van der Waals surface area contributed by atoms with Gasteiger partial charge in [0.25, 0.3) is 0 Å². The third kappa shape index (κ3) is 6.85. The molecule has 8 nitrogen and oxygen atoms in total. The summed E-state index contributed by atoms with van der Waals surface area (Å²) in [5.41, 5.74) is 2.32. The molecule has 4 aromatic rings. The normalized spacial score (nSPS) is 11.9. The van der Waals surface area contributed by atoms with Gasteiger partial charge in [0.2, 0.25) is 0 Å². The predicted molar refractivity (Wildman–Crippen MR) is 141 cm³/mol. The number of hydrogen-bond acceptors (Lipinski definition) is 8. The van der Waals surface area contributed by atoms with E-state index in [1.807, 2.05) is 12.1 Å². The van der Waals surface area contributed by atoms with Gasteiger partial charge in [-0.25, -0.2) is 4.39 Å². The fourth-order valence-corrected chi connectivity index (χ4v) is 4.65. The Hall–Kier alpha value is -2.92. The highest BCUT2D eigenvalue weighted by molar-refractivity contribution is 8.00. The summed E-state index contributed by atoms with van der Waals surface area (Å²) >= 11 is 1.70. The lowest BCUT2D eigenvalue weighted by atomic mass is 10.1. The van der Waals surface area contributed by atoms with Crippen LogP contribution < -0.4 is 10.1 Å². The van der Waals surface area contributed by atoms with Crippen molar-refractivity contribution < 1.29 is 23.7 Å². The van der Waals surface area contributed by atoms with Crippen LogP contribution in [0.3, 0.4) is 0 Å². The summed E-state index contributed by atoms with van der Waals surface area (Å²) in [6, 6.07) is 10.4. The van der Waals surface area contributed by atoms with Crippen LogP contribution in [0.5, 0.6) is 5.75 Å². The Balaban J connectivity index is 1.56. The zero-order valence-corrected chi connectivity index (χ0v) is 21.5. The number of ether oxygens (including phenoxy) is 3. The summed E-state index contributed by atoms with van der Waals surface area (Å²) in [6.45, 7) is 8.41. The van der Waals surface area contributed by atoms with Crippen molar-refractivity contribution in [3.05, 3.63) is 48.4 Å². The van der Waals surface area contributed by atoms with Crippen molar-refractivity contribution in [1.82, 2.24) is 15.2 Å². The van der Waals surface area contributed by atoms with Gasteiger partial charge in [-0.2, -0.15) is 5.10 Å². The number of anilines is 2. The second-order valence-corrected chi connectivity index (χ2v) is 10.9. The molecule has 0 saturated heterocycles. The number of aliphatic hydroxyl groups excluding tert-OH is 1. The number of nitrogens with one attached hydrogen (secondary N) is 2. The number of pyridine rings is 1. The number of aliphatic hydroxyl groups is 1. The summed E-state index contributed by atoms with van der Waals surface area (Å²) in [5, 5.41) is 20.9. The second-order valence-electron chi connectivity index (χ2n) is 9.07. The Morgan fingerprint density at radius 1 is 1.00 bits per heavy atom. The zero-order valence-electron chi connectivity index (χ0n) is 20.6. The van der Waals surface area contributed by atoms with E-state index >= 15 is 0 Å². The van der Waals surface area contributed by atoms with Crippen LogP contribution in [0.1, 0.15) is 20.8 Å². The predicted octanol–water partition coefficient (Wildman–Crippen LogP) is 5.29. The van der Waals surface area contributed by atoms with Gasteiger partial charge in [0.15, 0.2) is 5.82 Å². The number of thioether (sulfide) groups is 1. The SMILES string of the molecule is CC(C)(C)Sc1cc2c(Nc3n[nH]c4ccc(F)cc34)ccnc2cc1OCCOCCOCCO. The quantitative estimate of drug-likeness (QED) is 0.173. The molecule has 0 amide bonds. The molecule has 0 atom stereocenters. The van der Waals surface area contributed by atoms with E-state index in [0.717, 1.165) is 32.8 Å². The fourth-order valence-electron chi connectivity index (χ4n) is 3.59. The Morgan fingerprint density at radius 3 is 2.56 bits per heavy atom. The highest BCUT2D eigenvalue weighted by Gasteiger charge is 2.18. The Morgan fingerprint density at radius 2 is 1.78 bits per heavy atom. The van der Waals surface area contributed by atoms with Gasteiger partial charge in [0.1, 0.15) is 18.2 Å². The van der Waals surface area contributed by atoms with Gasteiger partial charge in [-0.05, 0) is 30.3 Å². The van der Waals surface area contributed by atoms with Gasteiger partial charge in [0, 0.05) is 27.8 Å². The van der Waals surface area contributed by atoms with Crippen LogP contribution in [0, 0.1) is 5.82 Å². The topological polar surface area (TPSA) is 102 Å². The molecular weight excluding hydrogens is 483 g/mol. The van der Waals surface area contributed by atoms with E-state index in [1.54, 1.807) is 24.0 Å². The van der Waals surface area contributed by atoms with Gasteiger partial charge in [-0.15, -0.1) is 11.8 Å². The third-order valence-corrected chi connectivity index (χ3v) is 6.25. The van der Waals surface area contributed by atoms with Crippen LogP contribution in [0.15, 0.2) is 47.5 Å². The molecule has 36 heavy (non-hydrogen) atoms. The highest BCUT2D eigenvalue weighted by Crippen LogP contribution is 2.41. The van der Waals surface area contributed by atoms with Crippen molar-refractivity contribution in [1.29, 1.82) is 0 Å². The minimum absolute atomic E-state index is 0.00140. The first kappa shape index (κ1) is 26.2. The van der Waals surface area contributed by atoms with Crippen molar-refractivity contribution in [2.45, 2.75) is 30.4 Å². The van der Waals surface area contributed by atoms with E-state index in [-0.39, 0.29) is 17.2 Å². The zero-order chi connectivity index (χ0) is 25.5. The average molecular weight is 515 g/mol. The smallest absolute Gasteiger partial charge is 0.160 e. The molecule has 2 heterocycles. The van der Waals surface area contributed by atoms with E-state index in [9.17, 15) is 4.39 Å². The van der Waals surface area contributed by atoms with E-state index in [2.05, 4.69) is 47.3 Å². The molecule has 0 saturated carbocycles. The van der Waals surface area contributed by atoms with E-state index in [4.69, 9.17) is 19.3 Å². The van der Waals surface area contributed by atoms with Crippen LogP contribution in [0.25, 0.3) is 21.8 Å². The van der Waals surface area contributed by atoms with Gasteiger partial charge >= 0.3 is 0 Å². The lowest BCUT2D eigenvalue weighted by Crippen LogP contribution is -2.13. The van der Waals surface area contributed by atoms with Crippen LogP contribution >= 0.6 is 11.8 Å². The van der Waals surface area contributed by atoms with Crippen molar-refractivity contribution in [3.63, 3.8) is 0 Å². The maximum absolute atomic E-state index is 13.8. The molecule has 0 fully saturated rings. The average Bonchev–Trinajstić information content (AvgIpc) is 3.22. The van der Waals surface area contributed by atoms with Gasteiger partial charge in [-0.3, -0.25) is 10.1 Å². The number of rotatable bonds is 12. The van der Waals surface area contributed by atoms with Crippen molar-refractivity contribution in [3.8, 4) is 5.75 Å². The minimum Gasteiger partial charge on any atom is -0.490 e. The number of nitrogens with zero attached hydrogens (tertiary/aromatic N) is 2. The molecule has 2 aromatic carbocycles.